The topological polar surface area (TPSA) is 66.4 Å². The number of rotatable bonds is 6. The normalized spacial score (nSPS) is 22.4. The fraction of sp³-hybridized carbons (Fsp3) is 0.600. The minimum absolute atomic E-state index is 0.0395. The SMILES string of the molecule is O=C(CCC(=O)c1cccs1)NC1CCC(CO)CC1. The molecule has 0 saturated heterocycles. The summed E-state index contributed by atoms with van der Waals surface area (Å²) < 4.78 is 0. The second-order valence-corrected chi connectivity index (χ2v) is 6.32. The fourth-order valence-corrected chi connectivity index (χ4v) is 3.27. The Bertz CT molecular complexity index is 436. The molecule has 0 atom stereocenters. The van der Waals surface area contributed by atoms with E-state index in [9.17, 15) is 9.59 Å². The van der Waals surface area contributed by atoms with Gasteiger partial charge < -0.3 is 10.4 Å². The van der Waals surface area contributed by atoms with Crippen molar-refractivity contribution in [1.29, 1.82) is 0 Å². The Morgan fingerprint density at radius 2 is 2.00 bits per heavy atom. The molecule has 0 unspecified atom stereocenters. The first kappa shape index (κ1) is 15.2. The van der Waals surface area contributed by atoms with Gasteiger partial charge in [-0.2, -0.15) is 0 Å². The highest BCUT2D eigenvalue weighted by atomic mass is 32.1. The number of aliphatic hydroxyl groups excluding tert-OH is 1. The van der Waals surface area contributed by atoms with Gasteiger partial charge in [0.25, 0.3) is 0 Å². The van der Waals surface area contributed by atoms with Gasteiger partial charge >= 0.3 is 0 Å². The van der Waals surface area contributed by atoms with Gasteiger partial charge in [0.05, 0.1) is 4.88 Å². The van der Waals surface area contributed by atoms with Crippen molar-refractivity contribution < 1.29 is 14.7 Å². The Morgan fingerprint density at radius 1 is 1.25 bits per heavy atom. The Balaban J connectivity index is 1.67. The van der Waals surface area contributed by atoms with E-state index in [0.29, 0.717) is 5.92 Å². The van der Waals surface area contributed by atoms with E-state index in [4.69, 9.17) is 5.11 Å². The van der Waals surface area contributed by atoms with Crippen LogP contribution in [0.25, 0.3) is 0 Å². The second-order valence-electron chi connectivity index (χ2n) is 5.37. The summed E-state index contributed by atoms with van der Waals surface area (Å²) in [4.78, 5) is 24.3. The molecule has 0 aromatic carbocycles. The van der Waals surface area contributed by atoms with Crippen LogP contribution in [0.5, 0.6) is 0 Å². The molecule has 0 spiro atoms. The summed E-state index contributed by atoms with van der Waals surface area (Å²) in [6.07, 6.45) is 4.33. The maximum Gasteiger partial charge on any atom is 0.220 e. The molecule has 4 nitrogen and oxygen atoms in total. The molecule has 2 N–H and O–H groups in total. The molecule has 2 rings (SSSR count). The van der Waals surface area contributed by atoms with Crippen molar-refractivity contribution in [3.05, 3.63) is 22.4 Å². The number of Topliss-reactive ketones (excluding diaryl/α,β-unsaturated/α-hetero) is 1. The number of thiophene rings is 1. The van der Waals surface area contributed by atoms with Crippen LogP contribution in [0, 0.1) is 5.92 Å². The van der Waals surface area contributed by atoms with Crippen LogP contribution in [-0.2, 0) is 4.79 Å². The molecule has 1 aliphatic rings. The lowest BCUT2D eigenvalue weighted by atomic mass is 9.86. The molecule has 0 bridgehead atoms. The van der Waals surface area contributed by atoms with E-state index in [1.807, 2.05) is 11.4 Å². The number of aliphatic hydroxyl groups is 1. The van der Waals surface area contributed by atoms with E-state index >= 15 is 0 Å². The number of nitrogens with one attached hydrogen (secondary N) is 1. The Labute approximate surface area is 123 Å². The molecule has 1 saturated carbocycles. The van der Waals surface area contributed by atoms with E-state index in [-0.39, 0.29) is 37.2 Å². The van der Waals surface area contributed by atoms with Crippen LogP contribution in [0.15, 0.2) is 17.5 Å². The van der Waals surface area contributed by atoms with Gasteiger partial charge in [0.15, 0.2) is 5.78 Å². The molecule has 1 aromatic rings. The lowest BCUT2D eigenvalue weighted by Gasteiger charge is -2.27. The molecule has 5 heteroatoms. The molecule has 1 heterocycles. The van der Waals surface area contributed by atoms with Gasteiger partial charge in [0.2, 0.25) is 5.91 Å². The maximum atomic E-state index is 11.8. The van der Waals surface area contributed by atoms with Crippen molar-refractivity contribution in [1.82, 2.24) is 5.32 Å². The fourth-order valence-electron chi connectivity index (χ4n) is 2.58. The van der Waals surface area contributed by atoms with Crippen LogP contribution in [0.2, 0.25) is 0 Å². The standard InChI is InChI=1S/C15H21NO3S/c17-10-11-3-5-12(6-4-11)16-15(19)8-7-13(18)14-2-1-9-20-14/h1-2,9,11-12,17H,3-8,10H2,(H,16,19). The van der Waals surface area contributed by atoms with Crippen molar-refractivity contribution in [3.63, 3.8) is 0 Å². The van der Waals surface area contributed by atoms with Gasteiger partial charge in [-0.25, -0.2) is 0 Å². The summed E-state index contributed by atoms with van der Waals surface area (Å²) in [5.74, 6) is 0.394. The number of hydrogen-bond acceptors (Lipinski definition) is 4. The highest BCUT2D eigenvalue weighted by molar-refractivity contribution is 7.12. The lowest BCUT2D eigenvalue weighted by Crippen LogP contribution is -2.38. The van der Waals surface area contributed by atoms with Gasteiger partial charge in [-0.1, -0.05) is 6.07 Å². The Kier molecular flexibility index (Phi) is 5.73. The third-order valence-electron chi connectivity index (χ3n) is 3.85. The quantitative estimate of drug-likeness (QED) is 0.792. The van der Waals surface area contributed by atoms with Gasteiger partial charge in [-0.05, 0) is 43.0 Å². The first-order chi connectivity index (χ1) is 9.69. The molecule has 0 aliphatic heterocycles. The minimum Gasteiger partial charge on any atom is -0.396 e. The summed E-state index contributed by atoms with van der Waals surface area (Å²) in [5, 5.41) is 13.9. The van der Waals surface area contributed by atoms with E-state index in [1.165, 1.54) is 11.3 Å². The summed E-state index contributed by atoms with van der Waals surface area (Å²) in [6, 6.07) is 3.85. The van der Waals surface area contributed by atoms with Gasteiger partial charge in [-0.15, -0.1) is 11.3 Å². The molecule has 0 radical (unpaired) electrons. The van der Waals surface area contributed by atoms with Crippen molar-refractivity contribution in [3.8, 4) is 0 Å². The maximum absolute atomic E-state index is 11.8. The molecule has 1 aliphatic carbocycles. The lowest BCUT2D eigenvalue weighted by molar-refractivity contribution is -0.122. The van der Waals surface area contributed by atoms with Crippen LogP contribution in [0.1, 0.15) is 48.2 Å². The van der Waals surface area contributed by atoms with Gasteiger partial charge in [0.1, 0.15) is 0 Å². The average Bonchev–Trinajstić information content (AvgIpc) is 3.00. The molecular weight excluding hydrogens is 274 g/mol. The van der Waals surface area contributed by atoms with Gasteiger partial charge in [-0.3, -0.25) is 9.59 Å². The highest BCUT2D eigenvalue weighted by Crippen LogP contribution is 2.23. The van der Waals surface area contributed by atoms with E-state index in [1.54, 1.807) is 6.07 Å². The van der Waals surface area contributed by atoms with Crippen molar-refractivity contribution in [2.24, 2.45) is 5.92 Å². The van der Waals surface area contributed by atoms with Crippen LogP contribution in [-0.4, -0.2) is 29.4 Å². The predicted molar refractivity (Wildman–Crippen MR) is 78.9 cm³/mol. The summed E-state index contributed by atoms with van der Waals surface area (Å²) in [6.45, 7) is 0.246. The van der Waals surface area contributed by atoms with Crippen LogP contribution in [0.3, 0.4) is 0 Å². The average molecular weight is 295 g/mol. The first-order valence-electron chi connectivity index (χ1n) is 7.16. The molecule has 1 fully saturated rings. The zero-order valence-electron chi connectivity index (χ0n) is 11.5. The third kappa shape index (κ3) is 4.42. The number of ketones is 1. The molecule has 1 amide bonds. The van der Waals surface area contributed by atoms with E-state index in [2.05, 4.69) is 5.32 Å². The monoisotopic (exact) mass is 295 g/mol. The number of hydrogen-bond donors (Lipinski definition) is 2. The highest BCUT2D eigenvalue weighted by Gasteiger charge is 2.22. The van der Waals surface area contributed by atoms with Crippen molar-refractivity contribution in [2.45, 2.75) is 44.6 Å². The third-order valence-corrected chi connectivity index (χ3v) is 4.76. The zero-order valence-corrected chi connectivity index (χ0v) is 12.3. The predicted octanol–water partition coefficient (Wildman–Crippen LogP) is 2.38. The zero-order chi connectivity index (χ0) is 14.4. The van der Waals surface area contributed by atoms with Gasteiger partial charge in [0, 0.05) is 25.5 Å². The van der Waals surface area contributed by atoms with Crippen LogP contribution >= 0.6 is 11.3 Å². The summed E-state index contributed by atoms with van der Waals surface area (Å²) in [5.41, 5.74) is 0. The Hall–Kier alpha value is -1.20. The number of carbonyl (C=O) groups is 2. The van der Waals surface area contributed by atoms with E-state index < -0.39 is 0 Å². The summed E-state index contributed by atoms with van der Waals surface area (Å²) >= 11 is 1.42. The molecular formula is C15H21NO3S. The minimum atomic E-state index is -0.0395. The Morgan fingerprint density at radius 3 is 2.60 bits per heavy atom. The number of amides is 1. The number of carbonyl (C=O) groups excluding carboxylic acids is 2. The van der Waals surface area contributed by atoms with Crippen molar-refractivity contribution >= 4 is 23.0 Å². The van der Waals surface area contributed by atoms with Crippen molar-refractivity contribution in [2.75, 3.05) is 6.61 Å². The molecule has 1 aromatic heterocycles. The first-order valence-corrected chi connectivity index (χ1v) is 8.04. The summed E-state index contributed by atoms with van der Waals surface area (Å²) in [7, 11) is 0. The second kappa shape index (κ2) is 7.55. The largest absolute Gasteiger partial charge is 0.396 e. The van der Waals surface area contributed by atoms with Crippen LogP contribution < -0.4 is 5.32 Å². The van der Waals surface area contributed by atoms with E-state index in [0.717, 1.165) is 30.6 Å². The van der Waals surface area contributed by atoms with Crippen LogP contribution in [0.4, 0.5) is 0 Å². The molecule has 20 heavy (non-hydrogen) atoms. The molecule has 110 valence electrons. The smallest absolute Gasteiger partial charge is 0.220 e.